The molecule has 0 saturated heterocycles. The third-order valence-electron chi connectivity index (χ3n) is 5.62. The van der Waals surface area contributed by atoms with E-state index in [9.17, 15) is 4.79 Å². The summed E-state index contributed by atoms with van der Waals surface area (Å²) in [6.07, 6.45) is 2.23. The molecule has 0 bridgehead atoms. The first-order valence-electron chi connectivity index (χ1n) is 10.8. The topological polar surface area (TPSA) is 41.6 Å². The summed E-state index contributed by atoms with van der Waals surface area (Å²) in [5.74, 6) is 0.872. The molecule has 0 fully saturated rings. The van der Waals surface area contributed by atoms with Crippen LogP contribution in [0.25, 0.3) is 0 Å². The first-order chi connectivity index (χ1) is 13.9. The highest BCUT2D eigenvalue weighted by Crippen LogP contribution is 2.28. The van der Waals surface area contributed by atoms with Gasteiger partial charge in [0.15, 0.2) is 0 Å². The molecule has 0 saturated carbocycles. The molecular formula is C25H36N2O2. The SMILES string of the molecule is CCN(CC)c1ccc(NC(=O)CCCOc2ccc(C(C)(C)CC)cc2)cc1. The third-order valence-corrected chi connectivity index (χ3v) is 5.62. The fourth-order valence-corrected chi connectivity index (χ4v) is 3.20. The van der Waals surface area contributed by atoms with Crippen molar-refractivity contribution in [2.24, 2.45) is 0 Å². The zero-order valence-corrected chi connectivity index (χ0v) is 18.6. The van der Waals surface area contributed by atoms with Crippen LogP contribution < -0.4 is 15.0 Å². The number of rotatable bonds is 11. The van der Waals surface area contributed by atoms with Crippen molar-refractivity contribution < 1.29 is 9.53 Å². The second kappa shape index (κ2) is 10.9. The number of carbonyl (C=O) groups is 1. The van der Waals surface area contributed by atoms with Gasteiger partial charge in [0.25, 0.3) is 0 Å². The maximum atomic E-state index is 12.2. The van der Waals surface area contributed by atoms with Gasteiger partial charge in [-0.1, -0.05) is 32.9 Å². The first-order valence-corrected chi connectivity index (χ1v) is 10.8. The van der Waals surface area contributed by atoms with Gasteiger partial charge in [-0.25, -0.2) is 0 Å². The molecule has 0 aliphatic heterocycles. The lowest BCUT2D eigenvalue weighted by Gasteiger charge is -2.23. The molecule has 0 aromatic heterocycles. The van der Waals surface area contributed by atoms with Crippen molar-refractivity contribution in [3.63, 3.8) is 0 Å². The molecular weight excluding hydrogens is 360 g/mol. The van der Waals surface area contributed by atoms with Crippen LogP contribution in [0.15, 0.2) is 48.5 Å². The van der Waals surface area contributed by atoms with Gasteiger partial charge in [0.1, 0.15) is 5.75 Å². The lowest BCUT2D eigenvalue weighted by Crippen LogP contribution is -2.21. The van der Waals surface area contributed by atoms with Crippen LogP contribution in [0.3, 0.4) is 0 Å². The maximum absolute atomic E-state index is 12.2. The Morgan fingerprint density at radius 3 is 2.14 bits per heavy atom. The lowest BCUT2D eigenvalue weighted by atomic mass is 9.82. The minimum atomic E-state index is 0.0178. The molecule has 4 heteroatoms. The summed E-state index contributed by atoms with van der Waals surface area (Å²) >= 11 is 0. The first kappa shape index (κ1) is 22.8. The molecule has 4 nitrogen and oxygen atoms in total. The van der Waals surface area contributed by atoms with Crippen LogP contribution in [0, 0.1) is 0 Å². The van der Waals surface area contributed by atoms with E-state index in [1.807, 2.05) is 24.3 Å². The highest BCUT2D eigenvalue weighted by molar-refractivity contribution is 5.90. The van der Waals surface area contributed by atoms with E-state index in [2.05, 4.69) is 69.1 Å². The van der Waals surface area contributed by atoms with Crippen molar-refractivity contribution in [2.45, 2.75) is 59.3 Å². The number of amides is 1. The van der Waals surface area contributed by atoms with Crippen molar-refractivity contribution >= 4 is 17.3 Å². The van der Waals surface area contributed by atoms with E-state index in [-0.39, 0.29) is 11.3 Å². The maximum Gasteiger partial charge on any atom is 0.224 e. The van der Waals surface area contributed by atoms with Crippen LogP contribution in [0.4, 0.5) is 11.4 Å². The fraction of sp³-hybridized carbons (Fsp3) is 0.480. The molecule has 2 rings (SSSR count). The van der Waals surface area contributed by atoms with Crippen molar-refractivity contribution in [3.05, 3.63) is 54.1 Å². The van der Waals surface area contributed by atoms with Crippen LogP contribution in [0.1, 0.15) is 59.4 Å². The molecule has 29 heavy (non-hydrogen) atoms. The Hall–Kier alpha value is -2.49. The third kappa shape index (κ3) is 6.81. The number of carbonyl (C=O) groups excluding carboxylic acids is 1. The van der Waals surface area contributed by atoms with Gasteiger partial charge in [0.05, 0.1) is 6.61 Å². The highest BCUT2D eigenvalue weighted by Gasteiger charge is 2.17. The average Bonchev–Trinajstić information content (AvgIpc) is 2.73. The predicted octanol–water partition coefficient (Wildman–Crippen LogP) is 6.02. The number of benzene rings is 2. The smallest absolute Gasteiger partial charge is 0.224 e. The lowest BCUT2D eigenvalue weighted by molar-refractivity contribution is -0.116. The van der Waals surface area contributed by atoms with Crippen LogP contribution >= 0.6 is 0 Å². The summed E-state index contributed by atoms with van der Waals surface area (Å²) in [5, 5.41) is 2.96. The molecule has 1 amide bonds. The van der Waals surface area contributed by atoms with E-state index in [4.69, 9.17) is 4.74 Å². The van der Waals surface area contributed by atoms with E-state index >= 15 is 0 Å². The monoisotopic (exact) mass is 396 g/mol. The van der Waals surface area contributed by atoms with Gasteiger partial charge in [-0.05, 0) is 74.1 Å². The van der Waals surface area contributed by atoms with Gasteiger partial charge in [-0.3, -0.25) is 4.79 Å². The molecule has 1 N–H and O–H groups in total. The van der Waals surface area contributed by atoms with Crippen LogP contribution in [-0.2, 0) is 10.2 Å². The van der Waals surface area contributed by atoms with Crippen LogP contribution in [-0.4, -0.2) is 25.6 Å². The van der Waals surface area contributed by atoms with Gasteiger partial charge in [0.2, 0.25) is 5.91 Å². The normalized spacial score (nSPS) is 11.2. The summed E-state index contributed by atoms with van der Waals surface area (Å²) in [6.45, 7) is 13.5. The van der Waals surface area contributed by atoms with Crippen molar-refractivity contribution in [3.8, 4) is 5.75 Å². The Morgan fingerprint density at radius 2 is 1.59 bits per heavy atom. The van der Waals surface area contributed by atoms with E-state index < -0.39 is 0 Å². The Labute approximate surface area is 176 Å². The van der Waals surface area contributed by atoms with Gasteiger partial charge in [-0.2, -0.15) is 0 Å². The van der Waals surface area contributed by atoms with Gasteiger partial charge in [-0.15, -0.1) is 0 Å². The number of ether oxygens (including phenoxy) is 1. The number of nitrogens with one attached hydrogen (secondary N) is 1. The summed E-state index contributed by atoms with van der Waals surface area (Å²) in [5.41, 5.74) is 3.51. The molecule has 2 aromatic carbocycles. The molecule has 0 heterocycles. The molecule has 0 spiro atoms. The Balaban J connectivity index is 1.73. The van der Waals surface area contributed by atoms with E-state index in [0.29, 0.717) is 19.4 Å². The second-order valence-corrected chi connectivity index (χ2v) is 7.98. The summed E-state index contributed by atoms with van der Waals surface area (Å²) in [7, 11) is 0. The molecule has 0 radical (unpaired) electrons. The minimum absolute atomic E-state index is 0.0178. The number of hydrogen-bond donors (Lipinski definition) is 1. The van der Waals surface area contributed by atoms with E-state index in [0.717, 1.165) is 30.9 Å². The standard InChI is InChI=1S/C25H36N2O2/c1-6-25(4,5)20-11-17-23(18-12-20)29-19-9-10-24(28)26-21-13-15-22(16-14-21)27(7-2)8-3/h11-18H,6-10,19H2,1-5H3,(H,26,28). The minimum Gasteiger partial charge on any atom is -0.494 e. The van der Waals surface area contributed by atoms with Crippen molar-refractivity contribution in [1.29, 1.82) is 0 Å². The summed E-state index contributed by atoms with van der Waals surface area (Å²) < 4.78 is 5.79. The van der Waals surface area contributed by atoms with Gasteiger partial charge >= 0.3 is 0 Å². The Kier molecular flexibility index (Phi) is 8.56. The molecule has 0 unspecified atom stereocenters. The number of hydrogen-bond acceptors (Lipinski definition) is 3. The van der Waals surface area contributed by atoms with Crippen molar-refractivity contribution in [1.82, 2.24) is 0 Å². The number of nitrogens with zero attached hydrogens (tertiary/aromatic N) is 1. The second-order valence-electron chi connectivity index (χ2n) is 7.98. The number of anilines is 2. The van der Waals surface area contributed by atoms with Gasteiger partial charge in [0, 0.05) is 30.9 Å². The van der Waals surface area contributed by atoms with E-state index in [1.54, 1.807) is 0 Å². The zero-order valence-electron chi connectivity index (χ0n) is 18.6. The van der Waals surface area contributed by atoms with Crippen LogP contribution in [0.5, 0.6) is 5.75 Å². The molecule has 158 valence electrons. The Bertz CT molecular complexity index is 747. The Morgan fingerprint density at radius 1 is 0.966 bits per heavy atom. The largest absolute Gasteiger partial charge is 0.494 e. The quantitative estimate of drug-likeness (QED) is 0.472. The molecule has 0 aliphatic carbocycles. The van der Waals surface area contributed by atoms with Gasteiger partial charge < -0.3 is 15.0 Å². The fourth-order valence-electron chi connectivity index (χ4n) is 3.20. The summed E-state index contributed by atoms with van der Waals surface area (Å²) in [6, 6.07) is 16.3. The predicted molar refractivity (Wildman–Crippen MR) is 123 cm³/mol. The summed E-state index contributed by atoms with van der Waals surface area (Å²) in [4.78, 5) is 14.4. The highest BCUT2D eigenvalue weighted by atomic mass is 16.5. The van der Waals surface area contributed by atoms with E-state index in [1.165, 1.54) is 11.3 Å². The average molecular weight is 397 g/mol. The van der Waals surface area contributed by atoms with Crippen LogP contribution in [0.2, 0.25) is 0 Å². The zero-order chi connectivity index (χ0) is 21.3. The molecule has 0 atom stereocenters. The molecule has 2 aromatic rings. The van der Waals surface area contributed by atoms with Crippen molar-refractivity contribution in [2.75, 3.05) is 29.9 Å². The molecule has 0 aliphatic rings.